The van der Waals surface area contributed by atoms with E-state index in [1.807, 2.05) is 27.7 Å². The van der Waals surface area contributed by atoms with Crippen molar-refractivity contribution in [2.45, 2.75) is 46.3 Å². The third-order valence-electron chi connectivity index (χ3n) is 6.08. The molecule has 0 aliphatic rings. The van der Waals surface area contributed by atoms with Gasteiger partial charge in [0.15, 0.2) is 17.3 Å². The number of ether oxygens (including phenoxy) is 4. The molecule has 0 radical (unpaired) electrons. The van der Waals surface area contributed by atoms with Crippen LogP contribution in [0.2, 0.25) is 0 Å². The average Bonchev–Trinajstić information content (AvgIpc) is 3.41. The van der Waals surface area contributed by atoms with Gasteiger partial charge in [0.05, 0.1) is 43.7 Å². The summed E-state index contributed by atoms with van der Waals surface area (Å²) in [5, 5.41) is 10.5. The number of benzene rings is 3. The van der Waals surface area contributed by atoms with Crippen LogP contribution in [0.3, 0.4) is 0 Å². The third-order valence-corrected chi connectivity index (χ3v) is 6.64. The molecule has 0 fully saturated rings. The second-order valence-electron chi connectivity index (χ2n) is 9.82. The Labute approximate surface area is 242 Å². The first-order valence-corrected chi connectivity index (χ1v) is 13.8. The van der Waals surface area contributed by atoms with E-state index in [-0.39, 0.29) is 29.8 Å². The molecule has 0 aliphatic carbocycles. The molecule has 0 aliphatic heterocycles. The fourth-order valence-corrected chi connectivity index (χ4v) is 4.86. The number of rotatable bonds is 12. The van der Waals surface area contributed by atoms with Gasteiger partial charge in [-0.1, -0.05) is 6.07 Å². The van der Waals surface area contributed by atoms with Gasteiger partial charge in [-0.3, -0.25) is 4.79 Å². The Morgan fingerprint density at radius 1 is 0.805 bits per heavy atom. The smallest absolute Gasteiger partial charge is 0.336 e. The van der Waals surface area contributed by atoms with Crippen molar-refractivity contribution in [3.8, 4) is 23.0 Å². The highest BCUT2D eigenvalue weighted by Crippen LogP contribution is 2.41. The molecule has 9 nitrogen and oxygen atoms in total. The number of Topliss-reactive ketones (excluding diaryl/α,β-unsaturated/α-hetero) is 1. The summed E-state index contributed by atoms with van der Waals surface area (Å²) in [5.74, 6) is 0.185. The summed E-state index contributed by atoms with van der Waals surface area (Å²) in [7, 11) is 3.05. The van der Waals surface area contributed by atoms with Crippen molar-refractivity contribution in [3.63, 3.8) is 0 Å². The standard InChI is InChI=1S/C31H32N2O7S/c1-17(2)39-27-15-19(14-26(38-6)30(27)40-18(3)4)13-23(29(34)20-7-10-22(37-5)11-8-20)28(31(35)36)21-9-12-24-25(16-21)33-41-32-24/h7-12,14-18H,13H2,1-6H3,(H,35,36)/b28-23+. The molecule has 0 unspecified atom stereocenters. The van der Waals surface area contributed by atoms with E-state index in [1.54, 1.807) is 54.6 Å². The molecule has 10 heteroatoms. The van der Waals surface area contributed by atoms with Crippen LogP contribution in [-0.2, 0) is 11.2 Å². The molecule has 214 valence electrons. The molecular weight excluding hydrogens is 544 g/mol. The minimum absolute atomic E-state index is 0.0212. The predicted octanol–water partition coefficient (Wildman–Crippen LogP) is 6.25. The number of carbonyl (C=O) groups is 2. The number of carbonyl (C=O) groups excluding carboxylic acids is 1. The Kier molecular flexibility index (Phi) is 9.24. The number of ketones is 1. The number of allylic oxidation sites excluding steroid dienone is 1. The number of carboxylic acid groups (broad SMARTS) is 1. The number of nitrogens with zero attached hydrogens (tertiary/aromatic N) is 2. The van der Waals surface area contributed by atoms with Crippen molar-refractivity contribution in [1.29, 1.82) is 0 Å². The Bertz CT molecular complexity index is 1590. The molecule has 4 rings (SSSR count). The maximum atomic E-state index is 14.0. The zero-order valence-electron chi connectivity index (χ0n) is 23.8. The van der Waals surface area contributed by atoms with Gasteiger partial charge in [0.2, 0.25) is 5.75 Å². The lowest BCUT2D eigenvalue weighted by atomic mass is 9.89. The van der Waals surface area contributed by atoms with E-state index in [0.29, 0.717) is 50.7 Å². The number of aliphatic carboxylic acids is 1. The zero-order valence-corrected chi connectivity index (χ0v) is 24.6. The summed E-state index contributed by atoms with van der Waals surface area (Å²) in [6.07, 6.45) is -0.342. The molecule has 1 N–H and O–H groups in total. The van der Waals surface area contributed by atoms with E-state index in [1.165, 1.54) is 14.2 Å². The van der Waals surface area contributed by atoms with Gasteiger partial charge in [0, 0.05) is 17.6 Å². The molecular formula is C31H32N2O7S. The lowest BCUT2D eigenvalue weighted by Gasteiger charge is -2.21. The van der Waals surface area contributed by atoms with Crippen LogP contribution in [0.1, 0.15) is 49.2 Å². The Balaban J connectivity index is 1.93. The molecule has 0 saturated heterocycles. The highest BCUT2D eigenvalue weighted by molar-refractivity contribution is 7.00. The van der Waals surface area contributed by atoms with Gasteiger partial charge in [-0.25, -0.2) is 4.79 Å². The third kappa shape index (κ3) is 6.83. The first-order valence-electron chi connectivity index (χ1n) is 13.0. The maximum absolute atomic E-state index is 14.0. The topological polar surface area (TPSA) is 117 Å². The number of hydrogen-bond acceptors (Lipinski definition) is 9. The van der Waals surface area contributed by atoms with Crippen molar-refractivity contribution >= 4 is 40.1 Å². The van der Waals surface area contributed by atoms with Gasteiger partial charge in [-0.15, -0.1) is 0 Å². The zero-order chi connectivity index (χ0) is 29.7. The molecule has 0 amide bonds. The van der Waals surface area contributed by atoms with E-state index >= 15 is 0 Å². The predicted molar refractivity (Wildman–Crippen MR) is 158 cm³/mol. The summed E-state index contributed by atoms with van der Waals surface area (Å²) in [6, 6.07) is 15.0. The van der Waals surface area contributed by atoms with E-state index in [9.17, 15) is 14.7 Å². The van der Waals surface area contributed by atoms with E-state index in [2.05, 4.69) is 8.75 Å². The van der Waals surface area contributed by atoms with Crippen molar-refractivity contribution < 1.29 is 33.6 Å². The highest BCUT2D eigenvalue weighted by atomic mass is 32.1. The minimum atomic E-state index is -1.24. The molecule has 0 spiro atoms. The van der Waals surface area contributed by atoms with E-state index in [4.69, 9.17) is 18.9 Å². The average molecular weight is 577 g/mol. The number of fused-ring (bicyclic) bond motifs is 1. The summed E-state index contributed by atoms with van der Waals surface area (Å²) in [6.45, 7) is 7.58. The molecule has 1 aromatic heterocycles. The quantitative estimate of drug-likeness (QED) is 0.154. The van der Waals surface area contributed by atoms with Crippen molar-refractivity contribution in [1.82, 2.24) is 8.75 Å². The van der Waals surface area contributed by atoms with Gasteiger partial charge in [-0.05, 0) is 87.4 Å². The molecule has 0 saturated carbocycles. The number of hydrogen-bond donors (Lipinski definition) is 1. The van der Waals surface area contributed by atoms with Crippen molar-refractivity contribution in [2.24, 2.45) is 0 Å². The normalized spacial score (nSPS) is 11.9. The Morgan fingerprint density at radius 2 is 1.44 bits per heavy atom. The van der Waals surface area contributed by atoms with Crippen molar-refractivity contribution in [2.75, 3.05) is 14.2 Å². The van der Waals surface area contributed by atoms with Crippen molar-refractivity contribution in [3.05, 3.63) is 76.9 Å². The summed E-state index contributed by atoms with van der Waals surface area (Å²) >= 11 is 1.03. The molecule has 0 atom stereocenters. The van der Waals surface area contributed by atoms with Gasteiger partial charge in [0.1, 0.15) is 16.8 Å². The summed E-state index contributed by atoms with van der Waals surface area (Å²) in [5.41, 5.74) is 2.43. The number of aromatic nitrogens is 2. The SMILES string of the molecule is COc1ccc(C(=O)/C(Cc2cc(OC)c(OC(C)C)c(OC(C)C)c2)=C(/C(=O)O)c2ccc3nsnc3c2)cc1. The van der Waals surface area contributed by atoms with Crippen LogP contribution in [0.5, 0.6) is 23.0 Å². The van der Waals surface area contributed by atoms with Crippen LogP contribution in [0, 0.1) is 0 Å². The van der Waals surface area contributed by atoms with Crippen LogP contribution >= 0.6 is 11.7 Å². The lowest BCUT2D eigenvalue weighted by Crippen LogP contribution is -2.15. The number of methoxy groups -OCH3 is 2. The van der Waals surface area contributed by atoms with Crippen LogP contribution < -0.4 is 18.9 Å². The van der Waals surface area contributed by atoms with Crippen LogP contribution in [0.25, 0.3) is 16.6 Å². The monoisotopic (exact) mass is 576 g/mol. The first kappa shape index (κ1) is 29.5. The van der Waals surface area contributed by atoms with Gasteiger partial charge in [0.25, 0.3) is 0 Å². The highest BCUT2D eigenvalue weighted by Gasteiger charge is 2.26. The molecule has 0 bridgehead atoms. The molecule has 4 aromatic rings. The summed E-state index contributed by atoms with van der Waals surface area (Å²) in [4.78, 5) is 26.9. The van der Waals surface area contributed by atoms with Crippen LogP contribution in [0.4, 0.5) is 0 Å². The molecule has 1 heterocycles. The molecule has 3 aromatic carbocycles. The fourth-order valence-electron chi connectivity index (χ4n) is 4.35. The molecule has 41 heavy (non-hydrogen) atoms. The summed E-state index contributed by atoms with van der Waals surface area (Å²) < 4.78 is 31.4. The second kappa shape index (κ2) is 12.8. The van der Waals surface area contributed by atoms with Crippen LogP contribution in [0.15, 0.2) is 60.2 Å². The van der Waals surface area contributed by atoms with E-state index < -0.39 is 11.8 Å². The minimum Gasteiger partial charge on any atom is -0.497 e. The largest absolute Gasteiger partial charge is 0.497 e. The fraction of sp³-hybridized carbons (Fsp3) is 0.290. The Morgan fingerprint density at radius 3 is 2.05 bits per heavy atom. The lowest BCUT2D eigenvalue weighted by molar-refractivity contribution is -0.130. The Hall–Kier alpha value is -4.44. The van der Waals surface area contributed by atoms with E-state index in [0.717, 1.165) is 11.7 Å². The van der Waals surface area contributed by atoms with Crippen LogP contribution in [-0.4, -0.2) is 52.0 Å². The number of carboxylic acids is 1. The van der Waals surface area contributed by atoms with Gasteiger partial charge < -0.3 is 24.1 Å². The first-order chi connectivity index (χ1) is 19.6. The van der Waals surface area contributed by atoms with Gasteiger partial charge in [-0.2, -0.15) is 8.75 Å². The van der Waals surface area contributed by atoms with Gasteiger partial charge >= 0.3 is 5.97 Å². The second-order valence-corrected chi connectivity index (χ2v) is 10.3. The maximum Gasteiger partial charge on any atom is 0.336 e.